The summed E-state index contributed by atoms with van der Waals surface area (Å²) >= 11 is 0. The first kappa shape index (κ1) is 30.6. The summed E-state index contributed by atoms with van der Waals surface area (Å²) in [6, 6.07) is 14.0. The molecule has 0 radical (unpaired) electrons. The Bertz CT molecular complexity index is 1150. The van der Waals surface area contributed by atoms with Gasteiger partial charge < -0.3 is 40.4 Å². The van der Waals surface area contributed by atoms with Gasteiger partial charge in [0.2, 0.25) is 12.2 Å². The second-order valence-corrected chi connectivity index (χ2v) is 9.09. The Labute approximate surface area is 233 Å². The van der Waals surface area contributed by atoms with E-state index in [2.05, 4.69) is 10.6 Å². The number of ether oxygens (including phenoxy) is 4. The van der Waals surface area contributed by atoms with Gasteiger partial charge in [-0.15, -0.1) is 0 Å². The predicted octanol–water partition coefficient (Wildman–Crippen LogP) is 2.72. The van der Waals surface area contributed by atoms with Gasteiger partial charge in [0, 0.05) is 25.3 Å². The number of esters is 1. The van der Waals surface area contributed by atoms with E-state index in [1.54, 1.807) is 42.5 Å². The standard InChI is InChI=1S/C29H37N3O8/c1-37-29(36)21-11-9-20(10-12-21)22-18-25(40-27(19-22)39-17-16-38-15-14-33)28(35)31-13-5-4-8-26(34)32-24-7-3-2-6-23(24)30/h2-3,6-7,9-12,18,22,27,33H,4-5,8,13-17,19,30H2,1H3,(H,31,35)(H,32,34)/t22-,27+/m0/s1. The van der Waals surface area contributed by atoms with Gasteiger partial charge in [0.05, 0.1) is 50.5 Å². The third-order valence-electron chi connectivity index (χ3n) is 6.16. The molecule has 11 nitrogen and oxygen atoms in total. The molecule has 0 bridgehead atoms. The highest BCUT2D eigenvalue weighted by Gasteiger charge is 2.29. The monoisotopic (exact) mass is 555 g/mol. The normalized spacial score (nSPS) is 16.4. The fourth-order valence-corrected chi connectivity index (χ4v) is 4.06. The lowest BCUT2D eigenvalue weighted by molar-refractivity contribution is -0.151. The largest absolute Gasteiger partial charge is 0.465 e. The Morgan fingerprint density at radius 3 is 2.55 bits per heavy atom. The van der Waals surface area contributed by atoms with E-state index in [4.69, 9.17) is 29.8 Å². The van der Waals surface area contributed by atoms with E-state index in [-0.39, 0.29) is 49.9 Å². The molecule has 3 rings (SSSR count). The van der Waals surface area contributed by atoms with Gasteiger partial charge in [-0.25, -0.2) is 4.79 Å². The molecule has 0 aromatic heterocycles. The van der Waals surface area contributed by atoms with Crippen molar-refractivity contribution in [2.45, 2.75) is 37.9 Å². The smallest absolute Gasteiger partial charge is 0.337 e. The first-order valence-electron chi connectivity index (χ1n) is 13.2. The number of aliphatic hydroxyl groups is 1. The van der Waals surface area contributed by atoms with Crippen molar-refractivity contribution in [2.24, 2.45) is 0 Å². The van der Waals surface area contributed by atoms with Crippen molar-refractivity contribution < 1.29 is 38.4 Å². The quantitative estimate of drug-likeness (QED) is 0.147. The fraction of sp³-hybridized carbons (Fsp3) is 0.414. The molecule has 0 saturated heterocycles. The van der Waals surface area contributed by atoms with Gasteiger partial charge in [-0.3, -0.25) is 9.59 Å². The maximum Gasteiger partial charge on any atom is 0.337 e. The van der Waals surface area contributed by atoms with Crippen LogP contribution in [0.25, 0.3) is 0 Å². The fourth-order valence-electron chi connectivity index (χ4n) is 4.06. The summed E-state index contributed by atoms with van der Waals surface area (Å²) in [5.74, 6) is -1.03. The minimum atomic E-state index is -0.692. The lowest BCUT2D eigenvalue weighted by Crippen LogP contribution is -2.33. The maximum atomic E-state index is 12.9. The van der Waals surface area contributed by atoms with Gasteiger partial charge in [0.1, 0.15) is 0 Å². The molecule has 0 unspecified atom stereocenters. The number of carbonyl (C=O) groups is 3. The molecule has 2 atom stereocenters. The molecule has 2 aromatic carbocycles. The molecule has 0 spiro atoms. The lowest BCUT2D eigenvalue weighted by atomic mass is 9.92. The third kappa shape index (κ3) is 9.67. The average Bonchev–Trinajstić information content (AvgIpc) is 2.97. The zero-order chi connectivity index (χ0) is 28.7. The lowest BCUT2D eigenvalue weighted by Gasteiger charge is -2.29. The minimum Gasteiger partial charge on any atom is -0.465 e. The minimum absolute atomic E-state index is 0.0804. The number of benzene rings is 2. The molecular formula is C29H37N3O8. The number of hydrogen-bond donors (Lipinski definition) is 4. The second-order valence-electron chi connectivity index (χ2n) is 9.09. The number of carbonyl (C=O) groups excluding carboxylic acids is 3. The van der Waals surface area contributed by atoms with E-state index in [0.29, 0.717) is 49.2 Å². The van der Waals surface area contributed by atoms with E-state index in [1.807, 2.05) is 12.1 Å². The van der Waals surface area contributed by atoms with Crippen LogP contribution < -0.4 is 16.4 Å². The summed E-state index contributed by atoms with van der Waals surface area (Å²) < 4.78 is 21.6. The van der Waals surface area contributed by atoms with Crippen molar-refractivity contribution >= 4 is 29.2 Å². The Hall–Kier alpha value is -3.93. The molecule has 216 valence electrons. The first-order valence-corrected chi connectivity index (χ1v) is 13.2. The third-order valence-corrected chi connectivity index (χ3v) is 6.16. The Morgan fingerprint density at radius 2 is 1.82 bits per heavy atom. The number of aliphatic hydroxyl groups excluding tert-OH is 1. The Morgan fingerprint density at radius 1 is 1.05 bits per heavy atom. The summed E-state index contributed by atoms with van der Waals surface area (Å²) in [4.78, 5) is 36.9. The number of para-hydroxylation sites is 2. The summed E-state index contributed by atoms with van der Waals surface area (Å²) in [6.07, 6.45) is 2.96. The molecule has 0 fully saturated rings. The van der Waals surface area contributed by atoms with Gasteiger partial charge in [-0.1, -0.05) is 24.3 Å². The van der Waals surface area contributed by atoms with Crippen molar-refractivity contribution in [1.82, 2.24) is 5.32 Å². The van der Waals surface area contributed by atoms with Gasteiger partial charge in [0.25, 0.3) is 5.91 Å². The Kier molecular flexibility index (Phi) is 12.4. The van der Waals surface area contributed by atoms with Crippen LogP contribution >= 0.6 is 0 Å². The SMILES string of the molecule is COC(=O)c1ccc([C@H]2C=C(C(=O)NCCCCC(=O)Nc3ccccc3N)O[C@@H](OCCOCCO)C2)cc1. The highest BCUT2D eigenvalue weighted by atomic mass is 16.7. The van der Waals surface area contributed by atoms with Crippen LogP contribution in [0.3, 0.4) is 0 Å². The predicted molar refractivity (Wildman–Crippen MR) is 148 cm³/mol. The molecular weight excluding hydrogens is 518 g/mol. The summed E-state index contributed by atoms with van der Waals surface area (Å²) in [7, 11) is 1.32. The van der Waals surface area contributed by atoms with Gasteiger partial charge in [0.15, 0.2) is 5.76 Å². The van der Waals surface area contributed by atoms with Crippen molar-refractivity contribution in [3.05, 3.63) is 71.5 Å². The summed E-state index contributed by atoms with van der Waals surface area (Å²) in [5, 5.41) is 14.5. The van der Waals surface area contributed by atoms with Crippen molar-refractivity contribution in [3.8, 4) is 0 Å². The van der Waals surface area contributed by atoms with E-state index < -0.39 is 12.3 Å². The number of nitrogen functional groups attached to an aromatic ring is 1. The maximum absolute atomic E-state index is 12.9. The van der Waals surface area contributed by atoms with Crippen LogP contribution in [-0.2, 0) is 28.5 Å². The number of rotatable bonds is 15. The average molecular weight is 556 g/mol. The number of hydrogen-bond acceptors (Lipinski definition) is 9. The number of nitrogens with one attached hydrogen (secondary N) is 2. The van der Waals surface area contributed by atoms with Crippen LogP contribution in [0.5, 0.6) is 0 Å². The summed E-state index contributed by atoms with van der Waals surface area (Å²) in [5.41, 5.74) is 8.24. The topological polar surface area (TPSA) is 158 Å². The van der Waals surface area contributed by atoms with E-state index >= 15 is 0 Å². The van der Waals surface area contributed by atoms with Crippen LogP contribution in [0.4, 0.5) is 11.4 Å². The highest BCUT2D eigenvalue weighted by molar-refractivity contribution is 5.94. The van der Waals surface area contributed by atoms with Crippen LogP contribution in [0, 0.1) is 0 Å². The van der Waals surface area contributed by atoms with Gasteiger partial charge >= 0.3 is 5.97 Å². The number of allylic oxidation sites excluding steroid dienone is 1. The number of amides is 2. The van der Waals surface area contributed by atoms with Crippen LogP contribution in [0.1, 0.15) is 47.5 Å². The van der Waals surface area contributed by atoms with Gasteiger partial charge in [-0.05, 0) is 48.7 Å². The molecule has 11 heteroatoms. The molecule has 40 heavy (non-hydrogen) atoms. The molecule has 0 aliphatic carbocycles. The summed E-state index contributed by atoms with van der Waals surface area (Å²) in [6.45, 7) is 0.987. The van der Waals surface area contributed by atoms with Crippen molar-refractivity contribution in [2.75, 3.05) is 51.1 Å². The number of anilines is 2. The molecule has 5 N–H and O–H groups in total. The molecule has 2 aromatic rings. The Balaban J connectivity index is 1.53. The molecule has 1 heterocycles. The van der Waals surface area contributed by atoms with Gasteiger partial charge in [-0.2, -0.15) is 0 Å². The zero-order valence-corrected chi connectivity index (χ0v) is 22.6. The first-order chi connectivity index (χ1) is 19.4. The van der Waals surface area contributed by atoms with Crippen LogP contribution in [0.15, 0.2) is 60.4 Å². The van der Waals surface area contributed by atoms with Crippen LogP contribution in [-0.4, -0.2) is 69.3 Å². The number of unbranched alkanes of at least 4 members (excludes halogenated alkanes) is 1. The second kappa shape index (κ2) is 16.2. The molecule has 1 aliphatic heterocycles. The highest BCUT2D eigenvalue weighted by Crippen LogP contribution is 2.31. The van der Waals surface area contributed by atoms with Crippen molar-refractivity contribution in [1.29, 1.82) is 0 Å². The van der Waals surface area contributed by atoms with E-state index in [1.165, 1.54) is 7.11 Å². The zero-order valence-electron chi connectivity index (χ0n) is 22.6. The number of nitrogens with two attached hydrogens (primary N) is 1. The van der Waals surface area contributed by atoms with Crippen LogP contribution in [0.2, 0.25) is 0 Å². The molecule has 2 amide bonds. The molecule has 1 aliphatic rings. The van der Waals surface area contributed by atoms with Crippen molar-refractivity contribution in [3.63, 3.8) is 0 Å². The van der Waals surface area contributed by atoms with E-state index in [0.717, 1.165) is 5.56 Å². The number of methoxy groups -OCH3 is 1. The van der Waals surface area contributed by atoms with E-state index in [9.17, 15) is 14.4 Å². The molecule has 0 saturated carbocycles.